The highest BCUT2D eigenvalue weighted by molar-refractivity contribution is 6.04. The molecule has 13 heteroatoms. The number of ketones is 2. The smallest absolute Gasteiger partial charge is 0.311 e. The molecule has 3 rings (SSSR count). The van der Waals surface area contributed by atoms with E-state index in [0.29, 0.717) is 12.8 Å². The van der Waals surface area contributed by atoms with Crippen LogP contribution in [-0.2, 0) is 42.8 Å². The van der Waals surface area contributed by atoms with Gasteiger partial charge < -0.3 is 48.6 Å². The second-order valence-corrected chi connectivity index (χ2v) is 16.0. The molecule has 0 saturated carbocycles. The van der Waals surface area contributed by atoms with Crippen molar-refractivity contribution in [1.29, 1.82) is 0 Å². The number of carbonyl (C=O) groups excluding carboxylic acids is 3. The van der Waals surface area contributed by atoms with Gasteiger partial charge in [0, 0.05) is 31.4 Å². The molecule has 0 amide bonds. The van der Waals surface area contributed by atoms with E-state index in [1.807, 2.05) is 32.8 Å². The lowest BCUT2D eigenvalue weighted by Gasteiger charge is -2.48. The molecule has 13 nitrogen and oxygen atoms in total. The lowest BCUT2D eigenvalue weighted by atomic mass is 9.75. The summed E-state index contributed by atoms with van der Waals surface area (Å²) in [6.45, 7) is 17.0. The van der Waals surface area contributed by atoms with Gasteiger partial charge in [0.2, 0.25) is 0 Å². The molecule has 0 spiro atoms. The number of cyclic esters (lactones) is 1. The van der Waals surface area contributed by atoms with Crippen molar-refractivity contribution in [3.63, 3.8) is 0 Å². The lowest BCUT2D eigenvalue weighted by molar-refractivity contribution is -0.317. The Morgan fingerprint density at radius 3 is 2.08 bits per heavy atom. The van der Waals surface area contributed by atoms with E-state index in [2.05, 4.69) is 0 Å². The number of hydrogen-bond donors (Lipinski definition) is 3. The molecule has 3 N–H and O–H groups in total. The summed E-state index contributed by atoms with van der Waals surface area (Å²) in [4.78, 5) is 43.2. The van der Waals surface area contributed by atoms with Crippen molar-refractivity contribution in [3.8, 4) is 0 Å². The molecule has 0 aliphatic carbocycles. The molecule has 3 aliphatic rings. The average molecular weight is 716 g/mol. The van der Waals surface area contributed by atoms with Crippen LogP contribution >= 0.6 is 0 Å². The Hall–Kier alpha value is -1.55. The van der Waals surface area contributed by atoms with Crippen molar-refractivity contribution in [3.05, 3.63) is 0 Å². The first-order valence-corrected chi connectivity index (χ1v) is 18.3. The standard InChI is InChI=1S/C37H65NO12/c1-14-26-20(4)29(40)21(5)28(39)18(2)16-36(9,44)33(50-35-30(41)25(38(11)12)15-19(3)46-35)22(6)31(23(7)34(43)48-26)49-27-17-37(10,45-13)32(42)24(8)47-27/h18-27,30-33,35,41-42,44H,14-17H2,1-13H3/t18-,19-,20-,21?,22+,23-,24+,25+,26+,27?,30-,31?,32?,33-,35?,36-,37-/m1/s1. The molecule has 290 valence electrons. The summed E-state index contributed by atoms with van der Waals surface area (Å²) in [5.74, 6) is -5.57. The third-order valence-electron chi connectivity index (χ3n) is 11.5. The van der Waals surface area contributed by atoms with E-state index < -0.39 is 96.0 Å². The molecular formula is C37H65NO12. The number of carbonyl (C=O) groups is 3. The third-order valence-corrected chi connectivity index (χ3v) is 11.5. The van der Waals surface area contributed by atoms with Crippen LogP contribution in [0, 0.1) is 29.6 Å². The molecule has 0 radical (unpaired) electrons. The molecular weight excluding hydrogens is 650 g/mol. The molecule has 0 bridgehead atoms. The Morgan fingerprint density at radius 1 is 0.900 bits per heavy atom. The minimum absolute atomic E-state index is 0.0873. The topological polar surface area (TPSA) is 171 Å². The van der Waals surface area contributed by atoms with Gasteiger partial charge in [-0.3, -0.25) is 14.4 Å². The van der Waals surface area contributed by atoms with Crippen LogP contribution in [0.1, 0.15) is 94.9 Å². The number of aliphatic hydroxyl groups is 3. The van der Waals surface area contributed by atoms with Gasteiger partial charge in [-0.15, -0.1) is 0 Å². The summed E-state index contributed by atoms with van der Waals surface area (Å²) in [5.41, 5.74) is -2.77. The normalized spacial score (nSPS) is 47.5. The number of methoxy groups -OCH3 is 1. The summed E-state index contributed by atoms with van der Waals surface area (Å²) in [6.07, 6.45) is -7.14. The molecule has 3 aliphatic heterocycles. The van der Waals surface area contributed by atoms with Gasteiger partial charge in [0.1, 0.15) is 29.9 Å². The Balaban J connectivity index is 2.16. The number of esters is 1. The Morgan fingerprint density at radius 2 is 1.52 bits per heavy atom. The van der Waals surface area contributed by atoms with Gasteiger partial charge in [-0.2, -0.15) is 0 Å². The fraction of sp³-hybridized carbons (Fsp3) is 0.919. The zero-order valence-electron chi connectivity index (χ0n) is 32.5. The van der Waals surface area contributed by atoms with Crippen LogP contribution in [0.3, 0.4) is 0 Å². The predicted octanol–water partition coefficient (Wildman–Crippen LogP) is 2.88. The monoisotopic (exact) mass is 715 g/mol. The van der Waals surface area contributed by atoms with Gasteiger partial charge in [0.25, 0.3) is 0 Å². The van der Waals surface area contributed by atoms with E-state index in [1.165, 1.54) is 7.11 Å². The lowest BCUT2D eigenvalue weighted by Crippen LogP contribution is -2.60. The van der Waals surface area contributed by atoms with E-state index in [1.54, 1.807) is 55.4 Å². The highest BCUT2D eigenvalue weighted by Gasteiger charge is 2.52. The molecule has 3 fully saturated rings. The highest BCUT2D eigenvalue weighted by atomic mass is 16.7. The number of Topliss-reactive ketones (excluding diaryl/α,β-unsaturated/α-hetero) is 2. The van der Waals surface area contributed by atoms with Crippen LogP contribution < -0.4 is 0 Å². The van der Waals surface area contributed by atoms with Crippen LogP contribution in [0.2, 0.25) is 0 Å². The number of likely N-dealkylation sites (N-methyl/N-ethyl adjacent to an activating group) is 1. The van der Waals surface area contributed by atoms with E-state index in [-0.39, 0.29) is 36.6 Å². The molecule has 17 atom stereocenters. The Labute approximate surface area is 298 Å². The van der Waals surface area contributed by atoms with Gasteiger partial charge in [0.15, 0.2) is 12.6 Å². The highest BCUT2D eigenvalue weighted by Crippen LogP contribution is 2.40. The molecule has 0 aromatic heterocycles. The molecule has 0 aromatic rings. The molecule has 0 aromatic carbocycles. The molecule has 3 saturated heterocycles. The summed E-state index contributed by atoms with van der Waals surface area (Å²) in [5, 5.41) is 34.7. The number of ether oxygens (including phenoxy) is 6. The minimum Gasteiger partial charge on any atom is -0.461 e. The summed E-state index contributed by atoms with van der Waals surface area (Å²) >= 11 is 0. The van der Waals surface area contributed by atoms with Crippen molar-refractivity contribution in [1.82, 2.24) is 4.90 Å². The zero-order valence-corrected chi connectivity index (χ0v) is 32.5. The van der Waals surface area contributed by atoms with Gasteiger partial charge >= 0.3 is 5.97 Å². The quantitative estimate of drug-likeness (QED) is 0.260. The SMILES string of the molecule is CC[C@@H]1OC(=O)[C@H](C)C(OC2C[C@@](C)(OC)C(O)[C@H](C)O2)[C@H](C)[C@@H](OC2O[C@H](C)C[C@H](N(C)C)[C@H]2O)[C@](C)(O)C[C@@H](C)C(=O)C(C)C(=O)[C@@H]1C. The molecule has 3 heterocycles. The van der Waals surface area contributed by atoms with Crippen LogP contribution in [0.15, 0.2) is 0 Å². The van der Waals surface area contributed by atoms with Crippen LogP contribution in [0.4, 0.5) is 0 Å². The van der Waals surface area contributed by atoms with E-state index in [4.69, 9.17) is 28.4 Å². The fourth-order valence-corrected chi connectivity index (χ4v) is 8.19. The van der Waals surface area contributed by atoms with E-state index in [0.717, 1.165) is 0 Å². The van der Waals surface area contributed by atoms with Gasteiger partial charge in [-0.1, -0.05) is 27.7 Å². The average Bonchev–Trinajstić information content (AvgIpc) is 3.05. The van der Waals surface area contributed by atoms with Gasteiger partial charge in [-0.25, -0.2) is 0 Å². The van der Waals surface area contributed by atoms with E-state index in [9.17, 15) is 29.7 Å². The van der Waals surface area contributed by atoms with Crippen molar-refractivity contribution in [2.45, 2.75) is 167 Å². The van der Waals surface area contributed by atoms with Crippen LogP contribution in [-0.4, -0.2) is 132 Å². The summed E-state index contributed by atoms with van der Waals surface area (Å²) in [6, 6.07) is -0.306. The number of hydrogen-bond acceptors (Lipinski definition) is 13. The van der Waals surface area contributed by atoms with Gasteiger partial charge in [0.05, 0.1) is 53.4 Å². The van der Waals surface area contributed by atoms with Crippen LogP contribution in [0.25, 0.3) is 0 Å². The minimum atomic E-state index is -1.75. The number of rotatable bonds is 7. The molecule has 50 heavy (non-hydrogen) atoms. The maximum absolute atomic E-state index is 14.0. The first-order valence-electron chi connectivity index (χ1n) is 18.3. The maximum atomic E-state index is 14.0. The number of aliphatic hydroxyl groups excluding tert-OH is 2. The third kappa shape index (κ3) is 9.32. The van der Waals surface area contributed by atoms with Crippen LogP contribution in [0.5, 0.6) is 0 Å². The predicted molar refractivity (Wildman–Crippen MR) is 184 cm³/mol. The summed E-state index contributed by atoms with van der Waals surface area (Å²) < 4.78 is 37.2. The number of nitrogens with zero attached hydrogens (tertiary/aromatic N) is 1. The maximum Gasteiger partial charge on any atom is 0.311 e. The van der Waals surface area contributed by atoms with Crippen molar-refractivity contribution in [2.75, 3.05) is 21.2 Å². The summed E-state index contributed by atoms with van der Waals surface area (Å²) in [7, 11) is 5.21. The van der Waals surface area contributed by atoms with Crippen molar-refractivity contribution in [2.24, 2.45) is 29.6 Å². The zero-order chi connectivity index (χ0) is 38.0. The second-order valence-electron chi connectivity index (χ2n) is 16.0. The molecule has 5 unspecified atom stereocenters. The largest absolute Gasteiger partial charge is 0.461 e. The second kappa shape index (κ2) is 17.1. The Bertz CT molecular complexity index is 1170. The van der Waals surface area contributed by atoms with Gasteiger partial charge in [-0.05, 0) is 74.9 Å². The Kier molecular flexibility index (Phi) is 14.6. The van der Waals surface area contributed by atoms with Crippen molar-refractivity contribution < 1.29 is 58.1 Å². The fourth-order valence-electron chi connectivity index (χ4n) is 8.19. The van der Waals surface area contributed by atoms with E-state index >= 15 is 0 Å². The first-order chi connectivity index (χ1) is 23.1. The first kappa shape index (κ1) is 42.9. The van der Waals surface area contributed by atoms with Crippen molar-refractivity contribution >= 4 is 17.5 Å².